The lowest BCUT2D eigenvalue weighted by Gasteiger charge is -2.26. The second-order valence-electron chi connectivity index (χ2n) is 5.36. The Bertz CT molecular complexity index is 733. The van der Waals surface area contributed by atoms with E-state index in [4.69, 9.17) is 10.5 Å². The molecule has 0 saturated carbocycles. The summed E-state index contributed by atoms with van der Waals surface area (Å²) in [5.41, 5.74) is 7.58. The van der Waals surface area contributed by atoms with E-state index in [0.29, 0.717) is 12.3 Å². The number of nitrogens with two attached hydrogens (primary N) is 1. The van der Waals surface area contributed by atoms with Crippen LogP contribution in [0.25, 0.3) is 0 Å². The molecule has 0 fully saturated rings. The highest BCUT2D eigenvalue weighted by Crippen LogP contribution is 2.31. The summed E-state index contributed by atoms with van der Waals surface area (Å²) in [6, 6.07) is 11.3. The Morgan fingerprint density at radius 2 is 2.21 bits per heavy atom. The van der Waals surface area contributed by atoms with Gasteiger partial charge in [0, 0.05) is 18.2 Å². The SMILES string of the molecule is NC(=NCC(=O)Nc1cccnc1)NC1CCOc2ccccc21. The normalized spacial score (nSPS) is 16.7. The van der Waals surface area contributed by atoms with E-state index in [0.717, 1.165) is 17.7 Å². The van der Waals surface area contributed by atoms with Crippen LogP contribution in [0.2, 0.25) is 0 Å². The van der Waals surface area contributed by atoms with Crippen molar-refractivity contribution in [3.63, 3.8) is 0 Å². The molecule has 1 amide bonds. The molecule has 2 heterocycles. The number of aliphatic imine (C=N–C) groups is 1. The minimum Gasteiger partial charge on any atom is -0.493 e. The van der Waals surface area contributed by atoms with Gasteiger partial charge in [0.1, 0.15) is 12.3 Å². The number of pyridine rings is 1. The molecule has 4 N–H and O–H groups in total. The molecule has 0 aliphatic carbocycles. The number of anilines is 1. The largest absolute Gasteiger partial charge is 0.493 e. The van der Waals surface area contributed by atoms with E-state index in [1.165, 1.54) is 0 Å². The summed E-state index contributed by atoms with van der Waals surface area (Å²) < 4.78 is 5.61. The highest BCUT2D eigenvalue weighted by molar-refractivity contribution is 5.93. The van der Waals surface area contributed by atoms with Crippen molar-refractivity contribution in [2.24, 2.45) is 10.7 Å². The Labute approximate surface area is 140 Å². The van der Waals surface area contributed by atoms with Gasteiger partial charge in [0.25, 0.3) is 0 Å². The number of hydrogen-bond acceptors (Lipinski definition) is 4. The first-order chi connectivity index (χ1) is 11.7. The summed E-state index contributed by atoms with van der Waals surface area (Å²) in [6.45, 7) is 0.558. The zero-order valence-electron chi connectivity index (χ0n) is 13.1. The summed E-state index contributed by atoms with van der Waals surface area (Å²) in [4.78, 5) is 19.9. The molecule has 0 bridgehead atoms. The van der Waals surface area contributed by atoms with Crippen molar-refractivity contribution in [3.8, 4) is 5.75 Å². The quantitative estimate of drug-likeness (QED) is 0.583. The lowest BCUT2D eigenvalue weighted by Crippen LogP contribution is -2.38. The van der Waals surface area contributed by atoms with Crippen LogP contribution in [0, 0.1) is 0 Å². The third-order valence-electron chi connectivity index (χ3n) is 3.62. The van der Waals surface area contributed by atoms with Gasteiger partial charge in [0.2, 0.25) is 5.91 Å². The summed E-state index contributed by atoms with van der Waals surface area (Å²) in [6.07, 6.45) is 4.00. The predicted molar refractivity (Wildman–Crippen MR) is 91.8 cm³/mol. The molecule has 0 spiro atoms. The molecule has 124 valence electrons. The van der Waals surface area contributed by atoms with Gasteiger partial charge in [-0.2, -0.15) is 0 Å². The molecule has 0 saturated heterocycles. The molecular formula is C17H19N5O2. The third-order valence-corrected chi connectivity index (χ3v) is 3.62. The van der Waals surface area contributed by atoms with Crippen LogP contribution in [0.5, 0.6) is 5.75 Å². The Hall–Kier alpha value is -3.09. The van der Waals surface area contributed by atoms with E-state index < -0.39 is 0 Å². The number of fused-ring (bicyclic) bond motifs is 1. The molecule has 1 aliphatic rings. The predicted octanol–water partition coefficient (Wildman–Crippen LogP) is 1.45. The summed E-state index contributed by atoms with van der Waals surface area (Å²) >= 11 is 0. The van der Waals surface area contributed by atoms with E-state index in [2.05, 4.69) is 20.6 Å². The first-order valence-corrected chi connectivity index (χ1v) is 7.70. The highest BCUT2D eigenvalue weighted by atomic mass is 16.5. The van der Waals surface area contributed by atoms with Crippen LogP contribution < -0.4 is 21.1 Å². The summed E-state index contributed by atoms with van der Waals surface area (Å²) in [5.74, 6) is 0.835. The molecule has 1 unspecified atom stereocenters. The smallest absolute Gasteiger partial charge is 0.246 e. The number of para-hydroxylation sites is 1. The Morgan fingerprint density at radius 1 is 1.33 bits per heavy atom. The maximum absolute atomic E-state index is 11.9. The van der Waals surface area contributed by atoms with E-state index in [1.54, 1.807) is 24.5 Å². The second kappa shape index (κ2) is 7.45. The monoisotopic (exact) mass is 325 g/mol. The van der Waals surface area contributed by atoms with Gasteiger partial charge in [-0.05, 0) is 18.2 Å². The highest BCUT2D eigenvalue weighted by Gasteiger charge is 2.21. The number of nitrogens with one attached hydrogen (secondary N) is 2. The van der Waals surface area contributed by atoms with E-state index in [9.17, 15) is 4.79 Å². The number of ether oxygens (including phenoxy) is 1. The number of nitrogens with zero attached hydrogens (tertiary/aromatic N) is 2. The molecule has 7 heteroatoms. The lowest BCUT2D eigenvalue weighted by atomic mass is 10.0. The second-order valence-corrected chi connectivity index (χ2v) is 5.36. The molecule has 7 nitrogen and oxygen atoms in total. The van der Waals surface area contributed by atoms with Crippen molar-refractivity contribution >= 4 is 17.6 Å². The zero-order chi connectivity index (χ0) is 16.8. The fourth-order valence-electron chi connectivity index (χ4n) is 2.51. The number of aromatic nitrogens is 1. The van der Waals surface area contributed by atoms with Crippen LogP contribution in [0.15, 0.2) is 53.8 Å². The fourth-order valence-corrected chi connectivity index (χ4v) is 2.51. The first-order valence-electron chi connectivity index (χ1n) is 7.70. The number of amides is 1. The molecular weight excluding hydrogens is 306 g/mol. The van der Waals surface area contributed by atoms with E-state index in [1.807, 2.05) is 24.3 Å². The molecule has 1 atom stereocenters. The Morgan fingerprint density at radius 3 is 3.04 bits per heavy atom. The van der Waals surface area contributed by atoms with Crippen molar-refractivity contribution in [3.05, 3.63) is 54.4 Å². The maximum Gasteiger partial charge on any atom is 0.246 e. The van der Waals surface area contributed by atoms with Gasteiger partial charge in [0.15, 0.2) is 5.96 Å². The van der Waals surface area contributed by atoms with Crippen molar-refractivity contribution in [1.82, 2.24) is 10.3 Å². The van der Waals surface area contributed by atoms with Crippen LogP contribution in [0.4, 0.5) is 5.69 Å². The van der Waals surface area contributed by atoms with Gasteiger partial charge in [0.05, 0.1) is 24.5 Å². The zero-order valence-corrected chi connectivity index (χ0v) is 13.1. The topological polar surface area (TPSA) is 102 Å². The van der Waals surface area contributed by atoms with Crippen molar-refractivity contribution in [2.45, 2.75) is 12.5 Å². The fraction of sp³-hybridized carbons (Fsp3) is 0.235. The third kappa shape index (κ3) is 4.01. The van der Waals surface area contributed by atoms with Gasteiger partial charge >= 0.3 is 0 Å². The van der Waals surface area contributed by atoms with Crippen LogP contribution >= 0.6 is 0 Å². The maximum atomic E-state index is 11.9. The van der Waals surface area contributed by atoms with E-state index >= 15 is 0 Å². The molecule has 24 heavy (non-hydrogen) atoms. The van der Waals surface area contributed by atoms with E-state index in [-0.39, 0.29) is 24.5 Å². The molecule has 0 radical (unpaired) electrons. The van der Waals surface area contributed by atoms with Gasteiger partial charge in [-0.15, -0.1) is 0 Å². The van der Waals surface area contributed by atoms with Crippen LogP contribution in [0.1, 0.15) is 18.0 Å². The number of guanidine groups is 1. The molecule has 1 aromatic carbocycles. The molecule has 1 aliphatic heterocycles. The number of carbonyl (C=O) groups excluding carboxylic acids is 1. The average molecular weight is 325 g/mol. The van der Waals surface area contributed by atoms with Crippen molar-refractivity contribution < 1.29 is 9.53 Å². The van der Waals surface area contributed by atoms with Crippen LogP contribution in [0.3, 0.4) is 0 Å². The summed E-state index contributed by atoms with van der Waals surface area (Å²) in [7, 11) is 0. The van der Waals surface area contributed by atoms with Gasteiger partial charge < -0.3 is 21.1 Å². The van der Waals surface area contributed by atoms with Gasteiger partial charge in [-0.25, -0.2) is 4.99 Å². The van der Waals surface area contributed by atoms with Gasteiger partial charge in [-0.1, -0.05) is 18.2 Å². The molecule has 2 aromatic rings. The Kier molecular flexibility index (Phi) is 4.90. The summed E-state index contributed by atoms with van der Waals surface area (Å²) in [5, 5.41) is 5.85. The number of benzene rings is 1. The number of carbonyl (C=O) groups is 1. The minimum absolute atomic E-state index is 0.0279. The standard InChI is InChI=1S/C17H19N5O2/c18-17(20-11-16(23)21-12-4-3-8-19-10-12)22-14-7-9-24-15-6-2-1-5-13(14)15/h1-6,8,10,14H,7,9,11H2,(H,21,23)(H3,18,20,22). The number of hydrogen-bond donors (Lipinski definition) is 3. The van der Waals surface area contributed by atoms with Crippen LogP contribution in [-0.2, 0) is 4.79 Å². The lowest BCUT2D eigenvalue weighted by molar-refractivity contribution is -0.114. The average Bonchev–Trinajstić information content (AvgIpc) is 2.61. The van der Waals surface area contributed by atoms with Crippen LogP contribution in [-0.4, -0.2) is 30.0 Å². The Balaban J connectivity index is 1.56. The van der Waals surface area contributed by atoms with Gasteiger partial charge in [-0.3, -0.25) is 9.78 Å². The molecule has 1 aromatic heterocycles. The van der Waals surface area contributed by atoms with Crippen molar-refractivity contribution in [2.75, 3.05) is 18.5 Å². The minimum atomic E-state index is -0.250. The number of rotatable bonds is 4. The van der Waals surface area contributed by atoms with Crippen molar-refractivity contribution in [1.29, 1.82) is 0 Å². The molecule has 3 rings (SSSR count). The first kappa shape index (κ1) is 15.8.